The lowest BCUT2D eigenvalue weighted by molar-refractivity contribution is -0.137. The zero-order valence-electron chi connectivity index (χ0n) is 13.7. The molecular weight excluding hydrogens is 340 g/mol. The number of ether oxygens (including phenoxy) is 1. The number of para-hydroxylation sites is 2. The van der Waals surface area contributed by atoms with Crippen molar-refractivity contribution >= 4 is 40.9 Å². The molecule has 0 fully saturated rings. The van der Waals surface area contributed by atoms with Crippen molar-refractivity contribution in [1.29, 1.82) is 0 Å². The Morgan fingerprint density at radius 2 is 1.83 bits per heavy atom. The molecule has 1 aliphatic heterocycles. The average Bonchev–Trinajstić information content (AvgIpc) is 3.02. The van der Waals surface area contributed by atoms with Crippen molar-refractivity contribution in [2.75, 3.05) is 23.5 Å². The minimum Gasteiger partial charge on any atom is -0.468 e. The predicted octanol–water partition coefficient (Wildman–Crippen LogP) is 4.31. The average molecular weight is 361 g/mol. The molecule has 2 aromatic rings. The molecule has 6 heteroatoms. The summed E-state index contributed by atoms with van der Waals surface area (Å²) in [7, 11) is 1.42. The van der Waals surface area contributed by atoms with Crippen LogP contribution < -0.4 is 10.6 Å². The highest BCUT2D eigenvalue weighted by molar-refractivity contribution is 8.00. The van der Waals surface area contributed by atoms with Gasteiger partial charge < -0.3 is 15.4 Å². The highest BCUT2D eigenvalue weighted by Gasteiger charge is 2.19. The standard InChI is InChI=1S/C18H20N2O2S2/c1-12-13(6-5-9-16(12)23-11-17(21)22-2)10-24-18-19-14-7-3-4-8-15(14)20-18/h3-9,18-20H,10-11H2,1-2H3. The van der Waals surface area contributed by atoms with Gasteiger partial charge in [0.2, 0.25) is 0 Å². The van der Waals surface area contributed by atoms with Crippen molar-refractivity contribution in [3.8, 4) is 0 Å². The van der Waals surface area contributed by atoms with Crippen LogP contribution in [0.15, 0.2) is 47.4 Å². The van der Waals surface area contributed by atoms with E-state index in [1.807, 2.05) is 30.0 Å². The van der Waals surface area contributed by atoms with Gasteiger partial charge in [-0.3, -0.25) is 4.79 Å². The molecule has 0 radical (unpaired) electrons. The van der Waals surface area contributed by atoms with Gasteiger partial charge in [0.05, 0.1) is 24.2 Å². The Kier molecular flexibility index (Phi) is 5.58. The minimum absolute atomic E-state index is 0.174. The molecule has 0 saturated heterocycles. The monoisotopic (exact) mass is 360 g/mol. The van der Waals surface area contributed by atoms with Gasteiger partial charge in [-0.25, -0.2) is 0 Å². The number of thioether (sulfide) groups is 2. The van der Waals surface area contributed by atoms with Crippen molar-refractivity contribution < 1.29 is 9.53 Å². The number of fused-ring (bicyclic) bond motifs is 1. The molecule has 0 saturated carbocycles. The van der Waals surface area contributed by atoms with Crippen LogP contribution in [0.5, 0.6) is 0 Å². The van der Waals surface area contributed by atoms with Gasteiger partial charge in [0.25, 0.3) is 0 Å². The van der Waals surface area contributed by atoms with Gasteiger partial charge in [0.1, 0.15) is 5.50 Å². The lowest BCUT2D eigenvalue weighted by Gasteiger charge is -2.14. The number of esters is 1. The van der Waals surface area contributed by atoms with Crippen LogP contribution in [0.3, 0.4) is 0 Å². The molecule has 0 spiro atoms. The summed E-state index contributed by atoms with van der Waals surface area (Å²) < 4.78 is 4.71. The van der Waals surface area contributed by atoms with Crippen LogP contribution in [0.25, 0.3) is 0 Å². The van der Waals surface area contributed by atoms with E-state index < -0.39 is 0 Å². The number of carbonyl (C=O) groups excluding carboxylic acids is 1. The lowest BCUT2D eigenvalue weighted by Crippen LogP contribution is -2.17. The van der Waals surface area contributed by atoms with Crippen molar-refractivity contribution in [1.82, 2.24) is 0 Å². The third-order valence-corrected chi connectivity index (χ3v) is 6.06. The van der Waals surface area contributed by atoms with E-state index >= 15 is 0 Å². The van der Waals surface area contributed by atoms with Crippen LogP contribution in [-0.4, -0.2) is 24.3 Å². The Morgan fingerprint density at radius 1 is 1.12 bits per heavy atom. The van der Waals surface area contributed by atoms with Crippen LogP contribution in [0, 0.1) is 6.92 Å². The highest BCUT2D eigenvalue weighted by atomic mass is 32.2. The molecule has 126 valence electrons. The summed E-state index contributed by atoms with van der Waals surface area (Å²) in [5, 5.41) is 6.94. The van der Waals surface area contributed by atoms with Crippen molar-refractivity contribution in [3.63, 3.8) is 0 Å². The molecule has 0 unspecified atom stereocenters. The first-order valence-corrected chi connectivity index (χ1v) is 9.72. The normalized spacial score (nSPS) is 13.1. The van der Waals surface area contributed by atoms with E-state index in [0.717, 1.165) is 22.0 Å². The van der Waals surface area contributed by atoms with Crippen LogP contribution in [0.2, 0.25) is 0 Å². The number of hydrogen-bond donors (Lipinski definition) is 2. The molecule has 0 atom stereocenters. The Morgan fingerprint density at radius 3 is 2.50 bits per heavy atom. The molecule has 3 rings (SSSR count). The van der Waals surface area contributed by atoms with Gasteiger partial charge in [-0.1, -0.05) is 24.3 Å². The zero-order chi connectivity index (χ0) is 16.9. The van der Waals surface area contributed by atoms with Gasteiger partial charge in [0, 0.05) is 10.6 Å². The van der Waals surface area contributed by atoms with E-state index in [0.29, 0.717) is 5.75 Å². The maximum absolute atomic E-state index is 11.3. The van der Waals surface area contributed by atoms with E-state index in [1.54, 1.807) is 0 Å². The third-order valence-electron chi connectivity index (χ3n) is 3.88. The fraction of sp³-hybridized carbons (Fsp3) is 0.278. The lowest BCUT2D eigenvalue weighted by atomic mass is 10.1. The second-order valence-corrected chi connectivity index (χ2v) is 7.54. The van der Waals surface area contributed by atoms with Gasteiger partial charge in [-0.05, 0) is 36.2 Å². The predicted molar refractivity (Wildman–Crippen MR) is 103 cm³/mol. The fourth-order valence-corrected chi connectivity index (χ4v) is 4.47. The van der Waals surface area contributed by atoms with Gasteiger partial charge in [-0.2, -0.15) is 0 Å². The Labute approximate surface area is 150 Å². The largest absolute Gasteiger partial charge is 0.468 e. The number of carbonyl (C=O) groups is 1. The van der Waals surface area contributed by atoms with Crippen molar-refractivity contribution in [2.24, 2.45) is 0 Å². The topological polar surface area (TPSA) is 50.4 Å². The third kappa shape index (κ3) is 3.99. The Balaban J connectivity index is 1.59. The summed E-state index contributed by atoms with van der Waals surface area (Å²) in [6.07, 6.45) is 0. The minimum atomic E-state index is -0.198. The summed E-state index contributed by atoms with van der Waals surface area (Å²) in [6, 6.07) is 14.5. The van der Waals surface area contributed by atoms with Gasteiger partial charge in [0.15, 0.2) is 0 Å². The first-order chi connectivity index (χ1) is 11.7. The van der Waals surface area contributed by atoms with E-state index in [1.165, 1.54) is 30.0 Å². The summed E-state index contributed by atoms with van der Waals surface area (Å²) in [4.78, 5) is 12.5. The maximum atomic E-state index is 11.3. The molecule has 0 aliphatic carbocycles. The molecule has 0 amide bonds. The van der Waals surface area contributed by atoms with Crippen LogP contribution in [0.1, 0.15) is 11.1 Å². The second kappa shape index (κ2) is 7.85. The Hall–Kier alpha value is -1.79. The zero-order valence-corrected chi connectivity index (χ0v) is 15.3. The van der Waals surface area contributed by atoms with Crippen LogP contribution in [-0.2, 0) is 15.3 Å². The number of hydrogen-bond acceptors (Lipinski definition) is 6. The number of methoxy groups -OCH3 is 1. The molecule has 1 heterocycles. The number of rotatable bonds is 6. The quantitative estimate of drug-likeness (QED) is 0.591. The summed E-state index contributed by atoms with van der Waals surface area (Å²) in [5.41, 5.74) is 4.99. The van der Waals surface area contributed by atoms with Crippen molar-refractivity contribution in [2.45, 2.75) is 23.1 Å². The molecular formula is C18H20N2O2S2. The van der Waals surface area contributed by atoms with E-state index in [-0.39, 0.29) is 11.5 Å². The number of anilines is 2. The summed E-state index contributed by atoms with van der Waals surface area (Å²) >= 11 is 3.35. The molecule has 0 aromatic heterocycles. The molecule has 2 aromatic carbocycles. The molecule has 2 N–H and O–H groups in total. The first-order valence-electron chi connectivity index (χ1n) is 7.69. The molecule has 24 heavy (non-hydrogen) atoms. The smallest absolute Gasteiger partial charge is 0.315 e. The fourth-order valence-electron chi connectivity index (χ4n) is 2.48. The van der Waals surface area contributed by atoms with E-state index in [9.17, 15) is 4.79 Å². The molecule has 1 aliphatic rings. The summed E-state index contributed by atoms with van der Waals surface area (Å²) in [5.74, 6) is 1.04. The maximum Gasteiger partial charge on any atom is 0.315 e. The van der Waals surface area contributed by atoms with Gasteiger partial charge in [-0.15, -0.1) is 23.5 Å². The van der Waals surface area contributed by atoms with Crippen LogP contribution >= 0.6 is 23.5 Å². The van der Waals surface area contributed by atoms with Gasteiger partial charge >= 0.3 is 5.97 Å². The first kappa shape index (κ1) is 17.0. The van der Waals surface area contributed by atoms with E-state index in [2.05, 4.69) is 41.8 Å². The highest BCUT2D eigenvalue weighted by Crippen LogP contribution is 2.34. The van der Waals surface area contributed by atoms with Crippen LogP contribution in [0.4, 0.5) is 11.4 Å². The van der Waals surface area contributed by atoms with E-state index in [4.69, 9.17) is 4.74 Å². The summed E-state index contributed by atoms with van der Waals surface area (Å²) in [6.45, 7) is 2.11. The number of benzene rings is 2. The number of nitrogens with one attached hydrogen (secondary N) is 2. The SMILES string of the molecule is COC(=O)CSc1cccc(CSC2Nc3ccccc3N2)c1C. The molecule has 0 bridgehead atoms. The molecule has 4 nitrogen and oxygen atoms in total. The second-order valence-electron chi connectivity index (χ2n) is 5.43. The Bertz CT molecular complexity index is 712. The van der Waals surface area contributed by atoms with Crippen molar-refractivity contribution in [3.05, 3.63) is 53.6 Å².